The maximum atomic E-state index is 14.4. The van der Waals surface area contributed by atoms with Crippen LogP contribution in [0.3, 0.4) is 0 Å². The maximum Gasteiger partial charge on any atom is 0.256 e. The van der Waals surface area contributed by atoms with Crippen molar-refractivity contribution in [1.29, 1.82) is 0 Å². The molecule has 2 unspecified atom stereocenters. The minimum Gasteiger partial charge on any atom is -0.464 e. The molecule has 8 nitrogen and oxygen atoms in total. The molecule has 45 heavy (non-hydrogen) atoms. The number of benzene rings is 2. The van der Waals surface area contributed by atoms with E-state index in [0.717, 1.165) is 65.8 Å². The van der Waals surface area contributed by atoms with Crippen LogP contribution in [0.15, 0.2) is 76.4 Å². The zero-order chi connectivity index (χ0) is 30.9. The van der Waals surface area contributed by atoms with Gasteiger partial charge in [0.1, 0.15) is 17.0 Å². The second-order valence-electron chi connectivity index (χ2n) is 14.1. The van der Waals surface area contributed by atoms with Gasteiger partial charge in [-0.2, -0.15) is 0 Å². The Bertz CT molecular complexity index is 1740. The summed E-state index contributed by atoms with van der Waals surface area (Å²) in [4.78, 5) is 51.1. The highest BCUT2D eigenvalue weighted by Crippen LogP contribution is 2.49. The number of fused-ring (bicyclic) bond motifs is 1. The van der Waals surface area contributed by atoms with Gasteiger partial charge in [0.05, 0.1) is 6.26 Å². The zero-order valence-electron chi connectivity index (χ0n) is 26.1. The van der Waals surface area contributed by atoms with Gasteiger partial charge in [-0.05, 0) is 61.4 Å². The minimum absolute atomic E-state index is 0.0444. The predicted molar refractivity (Wildman–Crippen MR) is 172 cm³/mol. The van der Waals surface area contributed by atoms with Crippen molar-refractivity contribution in [2.24, 2.45) is 28.2 Å². The number of hydrogen-bond donors (Lipinski definition) is 0. The second kappa shape index (κ2) is 10.4. The number of carbonyl (C=O) groups excluding carboxylic acids is 3. The summed E-state index contributed by atoms with van der Waals surface area (Å²) in [5, 5.41) is 1.06. The standard InChI is InChI=1S/C37H40N4O4/c1-24(2)33(42)39-18-15-37(16-19-39)35(44)41(22-30-11-13-36(30)14-17-40(23-36)34(43)27-7-8-27)32(38-37)26-5-3-25(4-6-26)28-9-10-31-29(21-28)12-20-45-31/h3-6,9-13,20-21,24,27,30H,7-8,14-19,22-23H2,1-2H3. The van der Waals surface area contributed by atoms with Gasteiger partial charge >= 0.3 is 0 Å². The highest BCUT2D eigenvalue weighted by atomic mass is 16.3. The normalized spacial score (nSPS) is 25.6. The van der Waals surface area contributed by atoms with E-state index < -0.39 is 5.54 Å². The van der Waals surface area contributed by atoms with Gasteiger partial charge in [-0.3, -0.25) is 24.3 Å². The molecule has 2 saturated heterocycles. The van der Waals surface area contributed by atoms with E-state index in [4.69, 9.17) is 9.41 Å². The average Bonchev–Trinajstić information content (AvgIpc) is 3.50. The number of hydrogen-bond acceptors (Lipinski definition) is 5. The molecule has 3 aromatic rings. The van der Waals surface area contributed by atoms with Gasteiger partial charge in [0.2, 0.25) is 11.8 Å². The van der Waals surface area contributed by atoms with Crippen molar-refractivity contribution in [3.8, 4) is 11.1 Å². The molecule has 5 aliphatic rings. The highest BCUT2D eigenvalue weighted by Gasteiger charge is 2.54. The van der Waals surface area contributed by atoms with E-state index >= 15 is 0 Å². The number of nitrogens with zero attached hydrogens (tertiary/aromatic N) is 4. The van der Waals surface area contributed by atoms with E-state index in [2.05, 4.69) is 53.5 Å². The first-order valence-corrected chi connectivity index (χ1v) is 16.5. The Morgan fingerprint density at radius 2 is 1.64 bits per heavy atom. The maximum absolute atomic E-state index is 14.4. The van der Waals surface area contributed by atoms with Crippen LogP contribution in [0.25, 0.3) is 22.1 Å². The van der Waals surface area contributed by atoms with Crippen molar-refractivity contribution in [3.05, 3.63) is 72.5 Å². The van der Waals surface area contributed by atoms with Crippen LogP contribution in [-0.4, -0.2) is 76.5 Å². The lowest BCUT2D eigenvalue weighted by molar-refractivity contribution is -0.140. The third-order valence-corrected chi connectivity index (χ3v) is 10.9. The third kappa shape index (κ3) is 4.72. The summed E-state index contributed by atoms with van der Waals surface area (Å²) in [7, 11) is 0. The molecule has 2 aliphatic carbocycles. The Balaban J connectivity index is 1.07. The molecular formula is C37H40N4O4. The van der Waals surface area contributed by atoms with Crippen LogP contribution in [0.2, 0.25) is 0 Å². The van der Waals surface area contributed by atoms with E-state index in [1.807, 2.05) is 35.8 Å². The number of rotatable bonds is 6. The van der Waals surface area contributed by atoms with Gasteiger partial charge in [0, 0.05) is 66.8 Å². The van der Waals surface area contributed by atoms with Crippen LogP contribution in [0.1, 0.15) is 51.5 Å². The summed E-state index contributed by atoms with van der Waals surface area (Å²) in [5.74, 6) is 1.53. The van der Waals surface area contributed by atoms with Crippen molar-refractivity contribution in [3.63, 3.8) is 0 Å². The smallest absolute Gasteiger partial charge is 0.256 e. The zero-order valence-corrected chi connectivity index (χ0v) is 26.1. The Labute approximate surface area is 263 Å². The van der Waals surface area contributed by atoms with E-state index in [9.17, 15) is 14.4 Å². The van der Waals surface area contributed by atoms with Crippen LogP contribution in [0.5, 0.6) is 0 Å². The lowest BCUT2D eigenvalue weighted by Crippen LogP contribution is -2.53. The number of amides is 3. The predicted octanol–water partition coefficient (Wildman–Crippen LogP) is 5.52. The lowest BCUT2D eigenvalue weighted by atomic mass is 9.66. The number of likely N-dealkylation sites (tertiary alicyclic amines) is 2. The van der Waals surface area contributed by atoms with Gasteiger partial charge in [-0.15, -0.1) is 0 Å². The number of amidine groups is 1. The molecule has 8 rings (SSSR count). The number of furan rings is 1. The first kappa shape index (κ1) is 28.3. The summed E-state index contributed by atoms with van der Waals surface area (Å²) < 4.78 is 5.52. The van der Waals surface area contributed by atoms with Crippen LogP contribution >= 0.6 is 0 Å². The van der Waals surface area contributed by atoms with Crippen molar-refractivity contribution < 1.29 is 18.8 Å². The van der Waals surface area contributed by atoms with Gasteiger partial charge < -0.3 is 14.2 Å². The van der Waals surface area contributed by atoms with Crippen LogP contribution in [-0.2, 0) is 14.4 Å². The van der Waals surface area contributed by atoms with E-state index in [-0.39, 0.29) is 35.0 Å². The average molecular weight is 605 g/mol. The molecule has 3 amide bonds. The summed E-state index contributed by atoms with van der Waals surface area (Å²) in [6, 6.07) is 16.5. The number of carbonyl (C=O) groups is 3. The summed E-state index contributed by atoms with van der Waals surface area (Å²) >= 11 is 0. The van der Waals surface area contributed by atoms with Crippen molar-refractivity contribution in [2.75, 3.05) is 32.7 Å². The highest BCUT2D eigenvalue weighted by molar-refractivity contribution is 6.15. The fraction of sp³-hybridized carbons (Fsp3) is 0.459. The molecule has 3 aliphatic heterocycles. The number of aliphatic imine (C=N–C) groups is 1. The van der Waals surface area contributed by atoms with Crippen molar-refractivity contribution in [2.45, 2.75) is 51.5 Å². The Morgan fingerprint density at radius 3 is 2.33 bits per heavy atom. The quantitative estimate of drug-likeness (QED) is 0.347. The summed E-state index contributed by atoms with van der Waals surface area (Å²) in [6.45, 7) is 7.00. The molecule has 8 heteroatoms. The van der Waals surface area contributed by atoms with Gasteiger partial charge in [0.15, 0.2) is 0 Å². The topological polar surface area (TPSA) is 86.4 Å². The Hall–Kier alpha value is -4.20. The molecule has 2 aromatic carbocycles. The fourth-order valence-corrected chi connectivity index (χ4v) is 7.81. The molecular weight excluding hydrogens is 564 g/mol. The minimum atomic E-state index is -0.849. The van der Waals surface area contributed by atoms with Crippen LogP contribution in [0.4, 0.5) is 0 Å². The van der Waals surface area contributed by atoms with E-state index in [0.29, 0.717) is 38.4 Å². The van der Waals surface area contributed by atoms with Crippen molar-refractivity contribution >= 4 is 34.5 Å². The van der Waals surface area contributed by atoms with Crippen molar-refractivity contribution in [1.82, 2.24) is 14.7 Å². The van der Waals surface area contributed by atoms with Gasteiger partial charge in [0.25, 0.3) is 5.91 Å². The largest absolute Gasteiger partial charge is 0.464 e. The van der Waals surface area contributed by atoms with Crippen LogP contribution < -0.4 is 0 Å². The molecule has 232 valence electrons. The SMILES string of the molecule is CC(C)C(=O)N1CCC2(CC1)N=C(c1ccc(-c3ccc4occc4c3)cc1)N(CC1C=CC13CCN(C(=O)C1CC1)C3)C2=O. The summed E-state index contributed by atoms with van der Waals surface area (Å²) in [5.41, 5.74) is 3.04. The Kier molecular flexibility index (Phi) is 6.55. The van der Waals surface area contributed by atoms with E-state index in [1.54, 1.807) is 6.26 Å². The van der Waals surface area contributed by atoms with Crippen LogP contribution in [0, 0.1) is 23.2 Å². The molecule has 1 aromatic heterocycles. The molecule has 0 bridgehead atoms. The first-order valence-electron chi connectivity index (χ1n) is 16.5. The molecule has 1 saturated carbocycles. The number of piperidine rings is 1. The van der Waals surface area contributed by atoms with E-state index in [1.165, 1.54) is 0 Å². The Morgan fingerprint density at radius 1 is 0.933 bits per heavy atom. The van der Waals surface area contributed by atoms with Gasteiger partial charge in [-0.1, -0.05) is 56.3 Å². The molecule has 2 spiro atoms. The molecule has 3 fully saturated rings. The molecule has 2 atom stereocenters. The third-order valence-electron chi connectivity index (χ3n) is 10.9. The second-order valence-corrected chi connectivity index (χ2v) is 14.1. The van der Waals surface area contributed by atoms with Gasteiger partial charge in [-0.25, -0.2) is 0 Å². The first-order chi connectivity index (χ1) is 21.8. The summed E-state index contributed by atoms with van der Waals surface area (Å²) in [6.07, 6.45) is 10.2. The fourth-order valence-electron chi connectivity index (χ4n) is 7.81. The molecule has 0 N–H and O–H groups in total. The lowest BCUT2D eigenvalue weighted by Gasteiger charge is -2.43. The molecule has 0 radical (unpaired) electrons. The monoisotopic (exact) mass is 604 g/mol. The molecule has 4 heterocycles.